The van der Waals surface area contributed by atoms with E-state index in [1.807, 2.05) is 6.07 Å². The van der Waals surface area contributed by atoms with Crippen LogP contribution in [0.1, 0.15) is 21.5 Å². The second kappa shape index (κ2) is 11.5. The summed E-state index contributed by atoms with van der Waals surface area (Å²) in [6.45, 7) is 1.83. The number of hydrogen-bond donors (Lipinski definition) is 2. The number of halogens is 1. The lowest BCUT2D eigenvalue weighted by Crippen LogP contribution is -2.29. The van der Waals surface area contributed by atoms with Crippen LogP contribution in [-0.2, 0) is 26.6 Å². The number of nitrogens with one attached hydrogen (secondary N) is 2. The maximum Gasteiger partial charge on any atom is 0.261 e. The van der Waals surface area contributed by atoms with Crippen molar-refractivity contribution < 1.29 is 21.6 Å². The summed E-state index contributed by atoms with van der Waals surface area (Å²) in [5.74, 6) is -0.395. The lowest BCUT2D eigenvalue weighted by Gasteiger charge is -2.22. The van der Waals surface area contributed by atoms with E-state index >= 15 is 0 Å². The van der Waals surface area contributed by atoms with Gasteiger partial charge < -0.3 is 5.32 Å². The van der Waals surface area contributed by atoms with Crippen LogP contribution in [0.15, 0.2) is 102 Å². The maximum absolute atomic E-state index is 12.8. The van der Waals surface area contributed by atoms with Gasteiger partial charge in [0.2, 0.25) is 10.0 Å². The molecule has 4 aromatic rings. The molecule has 0 aromatic heterocycles. The summed E-state index contributed by atoms with van der Waals surface area (Å²) in [5, 5.41) is 3.18. The molecule has 8 nitrogen and oxygen atoms in total. The molecule has 1 amide bonds. The van der Waals surface area contributed by atoms with E-state index in [9.17, 15) is 21.6 Å². The van der Waals surface area contributed by atoms with E-state index in [4.69, 9.17) is 11.6 Å². The van der Waals surface area contributed by atoms with Gasteiger partial charge in [0.05, 0.1) is 29.1 Å². The van der Waals surface area contributed by atoms with Crippen molar-refractivity contribution in [3.63, 3.8) is 0 Å². The molecule has 0 unspecified atom stereocenters. The normalized spacial score (nSPS) is 11.6. The minimum atomic E-state index is -3.86. The third-order valence-electron chi connectivity index (χ3n) is 5.92. The van der Waals surface area contributed by atoms with Crippen molar-refractivity contribution in [2.75, 3.05) is 20.6 Å². The van der Waals surface area contributed by atoms with Crippen molar-refractivity contribution in [2.24, 2.45) is 0 Å². The van der Waals surface area contributed by atoms with Gasteiger partial charge in [0.1, 0.15) is 0 Å². The van der Waals surface area contributed by atoms with Crippen LogP contribution >= 0.6 is 11.6 Å². The van der Waals surface area contributed by atoms with Crippen LogP contribution in [0, 0.1) is 6.92 Å². The lowest BCUT2D eigenvalue weighted by molar-refractivity contribution is 0.102. The molecular weight excluding hydrogens is 558 g/mol. The smallest absolute Gasteiger partial charge is 0.261 e. The molecule has 2 N–H and O–H groups in total. The number of para-hydroxylation sites is 1. The van der Waals surface area contributed by atoms with Gasteiger partial charge in [-0.05, 0) is 78.7 Å². The van der Waals surface area contributed by atoms with Crippen LogP contribution in [0.2, 0.25) is 5.02 Å². The molecule has 39 heavy (non-hydrogen) atoms. The predicted molar refractivity (Wildman–Crippen MR) is 155 cm³/mol. The second-order valence-corrected chi connectivity index (χ2v) is 12.8. The van der Waals surface area contributed by atoms with E-state index in [-0.39, 0.29) is 11.4 Å². The molecule has 0 aliphatic rings. The predicted octanol–water partition coefficient (Wildman–Crippen LogP) is 5.67. The number of anilines is 3. The number of nitrogens with zero attached hydrogens (tertiary/aromatic N) is 1. The first-order valence-corrected chi connectivity index (χ1v) is 15.5. The molecule has 4 aromatic carbocycles. The van der Waals surface area contributed by atoms with Gasteiger partial charge in [-0.3, -0.25) is 13.8 Å². The number of amides is 1. The van der Waals surface area contributed by atoms with Crippen molar-refractivity contribution >= 4 is 54.6 Å². The Balaban J connectivity index is 1.42. The third-order valence-corrected chi connectivity index (χ3v) is 8.85. The van der Waals surface area contributed by atoms with Gasteiger partial charge in [0, 0.05) is 16.3 Å². The molecule has 0 atom stereocenters. The largest absolute Gasteiger partial charge is 0.322 e. The van der Waals surface area contributed by atoms with E-state index in [1.165, 1.54) is 28.6 Å². The zero-order valence-corrected chi connectivity index (χ0v) is 23.5. The Labute approximate surface area is 233 Å². The average Bonchev–Trinajstić information content (AvgIpc) is 2.90. The summed E-state index contributed by atoms with van der Waals surface area (Å²) >= 11 is 6.08. The Kier molecular flexibility index (Phi) is 8.29. The number of hydrogen-bond acceptors (Lipinski definition) is 5. The quantitative estimate of drug-likeness (QED) is 0.264. The van der Waals surface area contributed by atoms with E-state index in [0.29, 0.717) is 38.8 Å². The van der Waals surface area contributed by atoms with E-state index in [1.54, 1.807) is 73.7 Å². The molecule has 0 spiro atoms. The number of sulfonamides is 2. The summed E-state index contributed by atoms with van der Waals surface area (Å²) in [6.07, 6.45) is 1.15. The molecule has 0 fully saturated rings. The third kappa shape index (κ3) is 6.97. The Morgan fingerprint density at radius 1 is 0.821 bits per heavy atom. The van der Waals surface area contributed by atoms with Crippen LogP contribution in [-0.4, -0.2) is 29.0 Å². The zero-order valence-electron chi connectivity index (χ0n) is 21.1. The fraction of sp³-hybridized carbons (Fsp3) is 0.107. The molecule has 0 saturated heterocycles. The van der Waals surface area contributed by atoms with Crippen molar-refractivity contribution in [1.82, 2.24) is 0 Å². The highest BCUT2D eigenvalue weighted by molar-refractivity contribution is 7.92. The number of rotatable bonds is 9. The van der Waals surface area contributed by atoms with Gasteiger partial charge in [0.25, 0.3) is 15.9 Å². The zero-order chi connectivity index (χ0) is 28.2. The lowest BCUT2D eigenvalue weighted by atomic mass is 10.1. The van der Waals surface area contributed by atoms with Crippen molar-refractivity contribution in [2.45, 2.75) is 18.4 Å². The molecular formula is C28H26ClN3O5S2. The molecule has 4 rings (SSSR count). The first-order valence-electron chi connectivity index (χ1n) is 11.7. The topological polar surface area (TPSA) is 113 Å². The molecule has 202 valence electrons. The Morgan fingerprint density at radius 3 is 2.08 bits per heavy atom. The van der Waals surface area contributed by atoms with Gasteiger partial charge >= 0.3 is 0 Å². The molecule has 0 bridgehead atoms. The molecule has 0 aliphatic heterocycles. The van der Waals surface area contributed by atoms with Gasteiger partial charge in [-0.2, -0.15) is 0 Å². The molecule has 11 heteroatoms. The highest BCUT2D eigenvalue weighted by atomic mass is 35.5. The molecule has 0 aliphatic carbocycles. The summed E-state index contributed by atoms with van der Waals surface area (Å²) in [7, 11) is -7.38. The Hall–Kier alpha value is -3.86. The van der Waals surface area contributed by atoms with Gasteiger partial charge in [-0.25, -0.2) is 16.8 Å². The summed E-state index contributed by atoms with van der Waals surface area (Å²) in [4.78, 5) is 12.8. The van der Waals surface area contributed by atoms with Crippen molar-refractivity contribution in [3.8, 4) is 0 Å². The van der Waals surface area contributed by atoms with Gasteiger partial charge in [-0.15, -0.1) is 0 Å². The van der Waals surface area contributed by atoms with Crippen LogP contribution in [0.25, 0.3) is 0 Å². The van der Waals surface area contributed by atoms with E-state index in [2.05, 4.69) is 10.0 Å². The van der Waals surface area contributed by atoms with Gasteiger partial charge in [0.15, 0.2) is 0 Å². The number of carbonyl (C=O) groups excluding carboxylic acids is 1. The Morgan fingerprint density at radius 2 is 1.46 bits per heavy atom. The second-order valence-electron chi connectivity index (χ2n) is 8.80. The maximum atomic E-state index is 12.8. The highest BCUT2D eigenvalue weighted by Gasteiger charge is 2.19. The van der Waals surface area contributed by atoms with Crippen LogP contribution in [0.5, 0.6) is 0 Å². The highest BCUT2D eigenvalue weighted by Crippen LogP contribution is 2.26. The minimum Gasteiger partial charge on any atom is -0.322 e. The molecule has 0 saturated carbocycles. The number of benzene rings is 4. The van der Waals surface area contributed by atoms with Crippen LogP contribution < -0.4 is 14.3 Å². The molecule has 0 heterocycles. The standard InChI is InChI=1S/C28H26ClN3O5S2/c1-20-26(29)9-6-10-27(20)31-39(36,37)25-17-15-23(16-18-25)30-28(33)22-13-11-21(12-14-22)19-32(38(2,34)35)24-7-4-3-5-8-24/h3-18,31H,19H2,1-2H3,(H,30,33). The molecule has 0 radical (unpaired) electrons. The average molecular weight is 584 g/mol. The fourth-order valence-corrected chi connectivity index (χ4v) is 5.95. The Bertz CT molecular complexity index is 1690. The minimum absolute atomic E-state index is 0.0260. The van der Waals surface area contributed by atoms with Crippen LogP contribution in [0.3, 0.4) is 0 Å². The summed E-state index contributed by atoms with van der Waals surface area (Å²) < 4.78 is 54.1. The van der Waals surface area contributed by atoms with E-state index < -0.39 is 26.0 Å². The summed E-state index contributed by atoms with van der Waals surface area (Å²) in [5.41, 5.74) is 3.02. The number of carbonyl (C=O) groups is 1. The first kappa shape index (κ1) is 28.2. The SMILES string of the molecule is Cc1c(Cl)cccc1NS(=O)(=O)c1ccc(NC(=O)c2ccc(CN(c3ccccc3)S(C)(=O)=O)cc2)cc1. The van der Waals surface area contributed by atoms with E-state index in [0.717, 1.165) is 6.26 Å². The fourth-order valence-electron chi connectivity index (χ4n) is 3.76. The van der Waals surface area contributed by atoms with Crippen LogP contribution in [0.4, 0.5) is 17.1 Å². The van der Waals surface area contributed by atoms with Crippen molar-refractivity contribution in [3.05, 3.63) is 119 Å². The summed E-state index contributed by atoms with van der Waals surface area (Å²) in [6, 6.07) is 26.1. The first-order chi connectivity index (χ1) is 18.4. The van der Waals surface area contributed by atoms with Gasteiger partial charge in [-0.1, -0.05) is 48.0 Å². The van der Waals surface area contributed by atoms with Crippen molar-refractivity contribution in [1.29, 1.82) is 0 Å². The monoisotopic (exact) mass is 583 g/mol.